The number of carbonyl (C=O) groups excluding carboxylic acids is 2. The Balaban J connectivity index is 1.94. The highest BCUT2D eigenvalue weighted by molar-refractivity contribution is 9.10. The Kier molecular flexibility index (Phi) is 5.62. The molecule has 0 spiro atoms. The van der Waals surface area contributed by atoms with Crippen LogP contribution in [0.2, 0.25) is 0 Å². The summed E-state index contributed by atoms with van der Waals surface area (Å²) in [4.78, 5) is 27.6. The fraction of sp³-hybridized carbons (Fsp3) is 0.0833. The quantitative estimate of drug-likeness (QED) is 0.253. The minimum Gasteiger partial charge on any atom is -0.507 e. The van der Waals surface area contributed by atoms with Crippen LogP contribution in [-0.4, -0.2) is 16.8 Å². The van der Waals surface area contributed by atoms with E-state index in [9.17, 15) is 14.7 Å². The van der Waals surface area contributed by atoms with Gasteiger partial charge in [-0.3, -0.25) is 14.5 Å². The number of carbonyl (C=O) groups is 2. The van der Waals surface area contributed by atoms with Crippen LogP contribution in [0.4, 0.5) is 5.69 Å². The Morgan fingerprint density at radius 2 is 1.60 bits per heavy atom. The van der Waals surface area contributed by atoms with Crippen molar-refractivity contribution < 1.29 is 14.7 Å². The zero-order chi connectivity index (χ0) is 21.4. The molecule has 4 rings (SSSR count). The minimum atomic E-state index is -0.726. The number of aliphatic hydroxyl groups excluding tert-OH is 1. The average molecular weight is 527 g/mol. The number of hydrogen-bond donors (Lipinski definition) is 1. The second-order valence-electron chi connectivity index (χ2n) is 7.02. The van der Waals surface area contributed by atoms with E-state index in [1.165, 1.54) is 4.90 Å². The number of Topliss-reactive ketones (excluding diaryl/α,β-unsaturated/α-hetero) is 1. The molecule has 6 heteroatoms. The van der Waals surface area contributed by atoms with Crippen molar-refractivity contribution in [2.45, 2.75) is 13.0 Å². The lowest BCUT2D eigenvalue weighted by molar-refractivity contribution is -0.132. The minimum absolute atomic E-state index is 0.0795. The van der Waals surface area contributed by atoms with Crippen molar-refractivity contribution in [3.63, 3.8) is 0 Å². The first-order valence-electron chi connectivity index (χ1n) is 9.26. The summed E-state index contributed by atoms with van der Waals surface area (Å²) >= 11 is 6.84. The highest BCUT2D eigenvalue weighted by Gasteiger charge is 2.46. The predicted octanol–water partition coefficient (Wildman–Crippen LogP) is 6.15. The van der Waals surface area contributed by atoms with Crippen LogP contribution in [0.1, 0.15) is 22.7 Å². The number of hydrogen-bond acceptors (Lipinski definition) is 3. The zero-order valence-electron chi connectivity index (χ0n) is 16.0. The van der Waals surface area contributed by atoms with E-state index < -0.39 is 17.7 Å². The van der Waals surface area contributed by atoms with E-state index >= 15 is 0 Å². The topological polar surface area (TPSA) is 57.6 Å². The molecule has 150 valence electrons. The molecule has 3 aromatic carbocycles. The van der Waals surface area contributed by atoms with E-state index in [0.29, 0.717) is 11.3 Å². The first kappa shape index (κ1) is 20.6. The summed E-state index contributed by atoms with van der Waals surface area (Å²) in [7, 11) is 0. The van der Waals surface area contributed by atoms with Gasteiger partial charge < -0.3 is 5.11 Å². The number of nitrogens with zero attached hydrogens (tertiary/aromatic N) is 1. The van der Waals surface area contributed by atoms with Crippen LogP contribution in [0.3, 0.4) is 0 Å². The average Bonchev–Trinajstić information content (AvgIpc) is 3.02. The Morgan fingerprint density at radius 3 is 2.23 bits per heavy atom. The van der Waals surface area contributed by atoms with Crippen molar-refractivity contribution in [1.29, 1.82) is 0 Å². The summed E-state index contributed by atoms with van der Waals surface area (Å²) in [6.07, 6.45) is 0. The predicted molar refractivity (Wildman–Crippen MR) is 124 cm³/mol. The molecule has 0 radical (unpaired) electrons. The zero-order valence-corrected chi connectivity index (χ0v) is 19.1. The Morgan fingerprint density at radius 1 is 0.933 bits per heavy atom. The van der Waals surface area contributed by atoms with Crippen molar-refractivity contribution in [3.8, 4) is 0 Å². The molecule has 4 nitrogen and oxygen atoms in total. The molecule has 0 aromatic heterocycles. The molecule has 1 saturated heterocycles. The van der Waals surface area contributed by atoms with Crippen LogP contribution >= 0.6 is 31.9 Å². The largest absolute Gasteiger partial charge is 0.507 e. The summed E-state index contributed by atoms with van der Waals surface area (Å²) in [5.41, 5.74) is 2.81. The van der Waals surface area contributed by atoms with Crippen LogP contribution in [0.5, 0.6) is 0 Å². The van der Waals surface area contributed by atoms with Crippen LogP contribution in [-0.2, 0) is 9.59 Å². The molecule has 1 unspecified atom stereocenters. The van der Waals surface area contributed by atoms with E-state index in [0.717, 1.165) is 20.1 Å². The molecule has 1 aliphatic heterocycles. The third-order valence-electron chi connectivity index (χ3n) is 5.10. The number of benzene rings is 3. The lowest BCUT2D eigenvalue weighted by atomic mass is 9.95. The second kappa shape index (κ2) is 8.20. The van der Waals surface area contributed by atoms with Crippen molar-refractivity contribution in [3.05, 3.63) is 104 Å². The number of amides is 1. The number of ketones is 1. The lowest BCUT2D eigenvalue weighted by Gasteiger charge is -2.25. The van der Waals surface area contributed by atoms with Gasteiger partial charge in [0.25, 0.3) is 11.7 Å². The summed E-state index contributed by atoms with van der Waals surface area (Å²) < 4.78 is 1.76. The molecule has 3 aromatic rings. The van der Waals surface area contributed by atoms with E-state index in [1.54, 1.807) is 24.3 Å². The van der Waals surface area contributed by atoms with Crippen LogP contribution in [0.25, 0.3) is 5.76 Å². The van der Waals surface area contributed by atoms with Gasteiger partial charge >= 0.3 is 0 Å². The molecule has 0 bridgehead atoms. The molecular formula is C24H17Br2NO3. The van der Waals surface area contributed by atoms with Gasteiger partial charge in [-0.05, 0) is 54.4 Å². The number of aryl methyl sites for hydroxylation is 1. The van der Waals surface area contributed by atoms with Crippen LogP contribution < -0.4 is 4.90 Å². The van der Waals surface area contributed by atoms with Gasteiger partial charge in [-0.2, -0.15) is 0 Å². The van der Waals surface area contributed by atoms with E-state index in [4.69, 9.17) is 0 Å². The van der Waals surface area contributed by atoms with Crippen molar-refractivity contribution in [1.82, 2.24) is 0 Å². The van der Waals surface area contributed by atoms with Gasteiger partial charge in [-0.1, -0.05) is 68.3 Å². The fourth-order valence-corrected chi connectivity index (χ4v) is 4.11. The van der Waals surface area contributed by atoms with Crippen molar-refractivity contribution in [2.24, 2.45) is 0 Å². The first-order valence-corrected chi connectivity index (χ1v) is 10.8. The SMILES string of the molecule is Cc1cc(/C(O)=C2/C(=O)C(=O)N(c3ccc(Br)cc3)C2c2ccccc2)ccc1Br. The van der Waals surface area contributed by atoms with Crippen LogP contribution in [0.15, 0.2) is 87.3 Å². The summed E-state index contributed by atoms with van der Waals surface area (Å²) in [5, 5.41) is 11.1. The first-order chi connectivity index (χ1) is 14.4. The van der Waals surface area contributed by atoms with Gasteiger partial charge in [0.2, 0.25) is 0 Å². The van der Waals surface area contributed by atoms with E-state index in [-0.39, 0.29) is 11.3 Å². The maximum absolute atomic E-state index is 13.1. The molecule has 30 heavy (non-hydrogen) atoms. The number of rotatable bonds is 3. The Labute approximate surface area is 191 Å². The molecule has 1 fully saturated rings. The lowest BCUT2D eigenvalue weighted by Crippen LogP contribution is -2.29. The standard InChI is InChI=1S/C24H17Br2NO3/c1-14-13-16(7-12-19(14)26)22(28)20-21(15-5-3-2-4-6-15)27(24(30)23(20)29)18-10-8-17(25)9-11-18/h2-13,21,28H,1H3/b22-20-. The third kappa shape index (κ3) is 3.61. The van der Waals surface area contributed by atoms with E-state index in [2.05, 4.69) is 31.9 Å². The van der Waals surface area contributed by atoms with Gasteiger partial charge in [0.05, 0.1) is 11.6 Å². The van der Waals surface area contributed by atoms with Crippen LogP contribution in [0, 0.1) is 6.92 Å². The Bertz CT molecular complexity index is 1170. The monoisotopic (exact) mass is 525 g/mol. The fourth-order valence-electron chi connectivity index (χ4n) is 3.60. The molecular weight excluding hydrogens is 510 g/mol. The molecule has 1 atom stereocenters. The second-order valence-corrected chi connectivity index (χ2v) is 8.79. The highest BCUT2D eigenvalue weighted by Crippen LogP contribution is 2.42. The molecule has 1 N–H and O–H groups in total. The van der Waals surface area contributed by atoms with Gasteiger partial charge in [0.1, 0.15) is 5.76 Å². The Hall–Kier alpha value is -2.70. The molecule has 1 amide bonds. The third-order valence-corrected chi connectivity index (χ3v) is 6.51. The number of anilines is 1. The number of halogens is 2. The van der Waals surface area contributed by atoms with Crippen molar-refractivity contribution >= 4 is 55.0 Å². The normalized spacial score (nSPS) is 18.1. The summed E-state index contributed by atoms with van der Waals surface area (Å²) in [6, 6.07) is 21.0. The summed E-state index contributed by atoms with van der Waals surface area (Å²) in [5.74, 6) is -1.55. The van der Waals surface area contributed by atoms with Gasteiger partial charge in [-0.25, -0.2) is 0 Å². The highest BCUT2D eigenvalue weighted by atomic mass is 79.9. The maximum Gasteiger partial charge on any atom is 0.300 e. The van der Waals surface area contributed by atoms with Gasteiger partial charge in [0.15, 0.2) is 0 Å². The van der Waals surface area contributed by atoms with Crippen molar-refractivity contribution in [2.75, 3.05) is 4.90 Å². The maximum atomic E-state index is 13.1. The van der Waals surface area contributed by atoms with E-state index in [1.807, 2.05) is 55.5 Å². The molecule has 1 aliphatic rings. The molecule has 0 saturated carbocycles. The molecule has 0 aliphatic carbocycles. The van der Waals surface area contributed by atoms with Gasteiger partial charge in [-0.15, -0.1) is 0 Å². The number of aliphatic hydroxyl groups is 1. The molecule has 1 heterocycles. The summed E-state index contributed by atoms with van der Waals surface area (Å²) in [6.45, 7) is 1.90. The van der Waals surface area contributed by atoms with Gasteiger partial charge in [0, 0.05) is 20.2 Å². The smallest absolute Gasteiger partial charge is 0.300 e.